The molecule has 1 aliphatic carbocycles. The molecular formula is C9H14O3. The zero-order valence-electron chi connectivity index (χ0n) is 12.9. The van der Waals surface area contributed by atoms with E-state index in [1.165, 1.54) is 0 Å². The monoisotopic (exact) mass is 176 g/mol. The molecular weight excluding hydrogens is 156 g/mol. The average Bonchev–Trinajstić information content (AvgIpc) is 2.31. The standard InChI is InChI=1S/C9H14O3/c1-11-8-4-3-7(6-10)5-9(8)12-2/h3-4,6-9H,5H2,1-2H3/i5D2,6D,7D,8D,9D. The summed E-state index contributed by atoms with van der Waals surface area (Å²) in [6.07, 6.45) is -7.65. The van der Waals surface area contributed by atoms with Crippen LogP contribution in [-0.2, 0) is 14.3 Å². The van der Waals surface area contributed by atoms with Gasteiger partial charge in [-0.3, -0.25) is 0 Å². The maximum atomic E-state index is 11.2. The smallest absolute Gasteiger partial charge is 0.126 e. The SMILES string of the molecule is [2H]C(=O)C1([2H])C=CC([2H])(OC)C([2H])(OC)C1([2H])[2H]. The molecule has 3 unspecified atom stereocenters. The van der Waals surface area contributed by atoms with Gasteiger partial charge in [-0.1, -0.05) is 12.2 Å². The lowest BCUT2D eigenvalue weighted by Crippen LogP contribution is -2.33. The molecule has 68 valence electrons. The summed E-state index contributed by atoms with van der Waals surface area (Å²) >= 11 is 0. The zero-order valence-corrected chi connectivity index (χ0v) is 6.88. The minimum Gasteiger partial charge on any atom is -0.378 e. The summed E-state index contributed by atoms with van der Waals surface area (Å²) in [7, 11) is 2.08. The lowest BCUT2D eigenvalue weighted by Gasteiger charge is -2.27. The van der Waals surface area contributed by atoms with E-state index in [4.69, 9.17) is 17.7 Å². The van der Waals surface area contributed by atoms with Crippen LogP contribution in [0, 0.1) is 5.89 Å². The maximum Gasteiger partial charge on any atom is 0.126 e. The Bertz CT molecular complexity index is 400. The van der Waals surface area contributed by atoms with Crippen molar-refractivity contribution in [2.24, 2.45) is 5.89 Å². The molecule has 3 heteroatoms. The van der Waals surface area contributed by atoms with Crippen LogP contribution in [0.5, 0.6) is 0 Å². The Morgan fingerprint density at radius 2 is 2.42 bits per heavy atom. The van der Waals surface area contributed by atoms with Crippen LogP contribution >= 0.6 is 0 Å². The van der Waals surface area contributed by atoms with Gasteiger partial charge < -0.3 is 14.3 Å². The van der Waals surface area contributed by atoms with Gasteiger partial charge in [-0.2, -0.15) is 0 Å². The minimum atomic E-state index is -2.93. The van der Waals surface area contributed by atoms with Gasteiger partial charge in [0.2, 0.25) is 0 Å². The van der Waals surface area contributed by atoms with Crippen molar-refractivity contribution >= 4 is 6.26 Å². The highest BCUT2D eigenvalue weighted by Crippen LogP contribution is 2.20. The highest BCUT2D eigenvalue weighted by atomic mass is 16.5. The molecule has 0 saturated heterocycles. The van der Waals surface area contributed by atoms with Crippen LogP contribution in [0.2, 0.25) is 0 Å². The van der Waals surface area contributed by atoms with E-state index in [-0.39, 0.29) is 0 Å². The van der Waals surface area contributed by atoms with Crippen molar-refractivity contribution in [1.29, 1.82) is 0 Å². The lowest BCUT2D eigenvalue weighted by molar-refractivity contribution is -0.112. The summed E-state index contributed by atoms with van der Waals surface area (Å²) in [6, 6.07) is 0. The maximum absolute atomic E-state index is 11.2. The zero-order chi connectivity index (χ0) is 14.4. The summed E-state index contributed by atoms with van der Waals surface area (Å²) in [6.45, 7) is 0. The van der Waals surface area contributed by atoms with Crippen LogP contribution in [0.4, 0.5) is 0 Å². The van der Waals surface area contributed by atoms with Crippen LogP contribution in [0.3, 0.4) is 0 Å². The number of aldehydes is 1. The first-order chi connectivity index (χ1) is 8.02. The molecule has 0 aromatic rings. The van der Waals surface area contributed by atoms with Gasteiger partial charge in [-0.25, -0.2) is 0 Å². The number of ether oxygens (including phenoxy) is 2. The van der Waals surface area contributed by atoms with Gasteiger partial charge in [0.1, 0.15) is 13.7 Å². The van der Waals surface area contributed by atoms with Crippen molar-refractivity contribution in [3.8, 4) is 0 Å². The number of carbonyl (C=O) groups excluding carboxylic acids is 1. The summed E-state index contributed by atoms with van der Waals surface area (Å²) in [5.74, 6) is -2.62. The molecule has 3 atom stereocenters. The van der Waals surface area contributed by atoms with Crippen LogP contribution in [0.1, 0.15) is 14.6 Å². The third-order valence-electron chi connectivity index (χ3n) is 1.41. The van der Waals surface area contributed by atoms with E-state index < -0.39 is 30.7 Å². The van der Waals surface area contributed by atoms with E-state index >= 15 is 0 Å². The van der Waals surface area contributed by atoms with Gasteiger partial charge in [0.25, 0.3) is 0 Å². The summed E-state index contributed by atoms with van der Waals surface area (Å²) in [4.78, 5) is 11.2. The minimum absolute atomic E-state index is 0.768. The van der Waals surface area contributed by atoms with E-state index in [2.05, 4.69) is 0 Å². The molecule has 0 aliphatic heterocycles. The quantitative estimate of drug-likeness (QED) is 0.471. The predicted octanol–water partition coefficient (Wildman–Crippen LogP) is 0.791. The van der Waals surface area contributed by atoms with Gasteiger partial charge >= 0.3 is 0 Å². The average molecular weight is 176 g/mol. The Hall–Kier alpha value is -0.670. The summed E-state index contributed by atoms with van der Waals surface area (Å²) in [5, 5.41) is 0. The first kappa shape index (κ1) is 4.03. The second kappa shape index (κ2) is 4.38. The van der Waals surface area contributed by atoms with E-state index in [1.54, 1.807) is 0 Å². The summed E-state index contributed by atoms with van der Waals surface area (Å²) < 4.78 is 55.7. The highest BCUT2D eigenvalue weighted by Gasteiger charge is 2.25. The van der Waals surface area contributed by atoms with Crippen LogP contribution in [0.15, 0.2) is 12.2 Å². The molecule has 0 saturated carbocycles. The van der Waals surface area contributed by atoms with Gasteiger partial charge in [-0.15, -0.1) is 0 Å². The second-order valence-corrected chi connectivity index (χ2v) is 2.08. The molecule has 0 heterocycles. The van der Waals surface area contributed by atoms with Gasteiger partial charge in [0.05, 0.1) is 8.82 Å². The van der Waals surface area contributed by atoms with Gasteiger partial charge in [-0.05, 0) is 6.37 Å². The third kappa shape index (κ3) is 1.93. The number of methoxy groups -OCH3 is 2. The van der Waals surface area contributed by atoms with E-state index in [0.717, 1.165) is 26.4 Å². The molecule has 0 amide bonds. The van der Waals surface area contributed by atoms with Crippen LogP contribution < -0.4 is 0 Å². The second-order valence-electron chi connectivity index (χ2n) is 2.08. The van der Waals surface area contributed by atoms with Crippen LogP contribution in [0.25, 0.3) is 0 Å². The molecule has 0 bridgehead atoms. The van der Waals surface area contributed by atoms with E-state index in [9.17, 15) is 4.79 Å². The van der Waals surface area contributed by atoms with E-state index in [1.807, 2.05) is 0 Å². The van der Waals surface area contributed by atoms with Crippen molar-refractivity contribution in [3.63, 3.8) is 0 Å². The Kier molecular flexibility index (Phi) is 1.47. The van der Waals surface area contributed by atoms with E-state index in [0.29, 0.717) is 0 Å². The molecule has 1 rings (SSSR count). The lowest BCUT2D eigenvalue weighted by atomic mass is 9.93. The number of rotatable bonds is 3. The molecule has 3 nitrogen and oxygen atoms in total. The van der Waals surface area contributed by atoms with Crippen molar-refractivity contribution in [3.05, 3.63) is 12.2 Å². The fourth-order valence-corrected chi connectivity index (χ4v) is 0.832. The number of hydrogen-bond acceptors (Lipinski definition) is 3. The Labute approximate surface area is 80.8 Å². The highest BCUT2D eigenvalue weighted by molar-refractivity contribution is 5.57. The van der Waals surface area contributed by atoms with Crippen molar-refractivity contribution in [2.45, 2.75) is 18.5 Å². The van der Waals surface area contributed by atoms with Crippen molar-refractivity contribution < 1.29 is 22.5 Å². The largest absolute Gasteiger partial charge is 0.378 e. The Balaban J connectivity index is 3.57. The summed E-state index contributed by atoms with van der Waals surface area (Å²) in [5.41, 5.74) is 0. The molecule has 0 N–H and O–H groups in total. The molecule has 0 radical (unpaired) electrons. The first-order valence-corrected chi connectivity index (χ1v) is 3.34. The first-order valence-electron chi connectivity index (χ1n) is 6.34. The third-order valence-corrected chi connectivity index (χ3v) is 1.41. The van der Waals surface area contributed by atoms with Gasteiger partial charge in [0.15, 0.2) is 0 Å². The fraction of sp³-hybridized carbons (Fsp3) is 0.667. The fourth-order valence-electron chi connectivity index (χ4n) is 0.832. The van der Waals surface area contributed by atoms with Crippen molar-refractivity contribution in [2.75, 3.05) is 14.2 Å². The normalized spacial score (nSPS) is 64.8. The van der Waals surface area contributed by atoms with Crippen molar-refractivity contribution in [1.82, 2.24) is 0 Å². The number of hydrogen-bond donors (Lipinski definition) is 0. The Morgan fingerprint density at radius 3 is 2.92 bits per heavy atom. The number of carbonyl (C=O) groups is 1. The Morgan fingerprint density at radius 1 is 1.67 bits per heavy atom. The number of allylic oxidation sites excluding steroid dienone is 1. The molecule has 0 spiro atoms. The van der Waals surface area contributed by atoms with Gasteiger partial charge in [0, 0.05) is 24.2 Å². The predicted molar refractivity (Wildman–Crippen MR) is 44.9 cm³/mol. The molecule has 1 aliphatic rings. The van der Waals surface area contributed by atoms with Crippen LogP contribution in [-0.4, -0.2) is 32.6 Å². The molecule has 0 aromatic carbocycles. The molecule has 0 fully saturated rings. The molecule has 0 aromatic heterocycles. The topological polar surface area (TPSA) is 35.5 Å². The molecule has 12 heavy (non-hydrogen) atoms.